The maximum absolute atomic E-state index is 5.38. The third-order valence-electron chi connectivity index (χ3n) is 2.61. The van der Waals surface area contributed by atoms with Gasteiger partial charge in [0.1, 0.15) is 0 Å². The van der Waals surface area contributed by atoms with E-state index in [1.165, 1.54) is 11.1 Å². The van der Waals surface area contributed by atoms with Gasteiger partial charge < -0.3 is 14.8 Å². The van der Waals surface area contributed by atoms with Crippen LogP contribution >= 0.6 is 0 Å². The van der Waals surface area contributed by atoms with Crippen molar-refractivity contribution in [1.82, 2.24) is 5.32 Å². The Bertz CT molecular complexity index is 321. The fraction of sp³-hybridized carbons (Fsp3) is 0.455. The minimum absolute atomic E-state index is 0.827. The number of ether oxygens (including phenoxy) is 2. The molecule has 0 spiro atoms. The van der Waals surface area contributed by atoms with E-state index in [9.17, 15) is 0 Å². The molecular weight excluding hydrogens is 178 g/mol. The summed E-state index contributed by atoms with van der Waals surface area (Å²) in [5, 5.41) is 3.33. The average Bonchev–Trinajstić information content (AvgIpc) is 2.27. The van der Waals surface area contributed by atoms with Crippen LogP contribution in [0.25, 0.3) is 0 Å². The van der Waals surface area contributed by atoms with Crippen molar-refractivity contribution < 1.29 is 9.47 Å². The van der Waals surface area contributed by atoms with Gasteiger partial charge in [-0.2, -0.15) is 0 Å². The maximum atomic E-state index is 5.38. The molecule has 0 unspecified atom stereocenters. The van der Waals surface area contributed by atoms with Gasteiger partial charge in [-0.1, -0.05) is 6.07 Å². The van der Waals surface area contributed by atoms with Crippen molar-refractivity contribution in [1.29, 1.82) is 0 Å². The van der Waals surface area contributed by atoms with E-state index in [0.717, 1.165) is 31.0 Å². The van der Waals surface area contributed by atoms with Crippen molar-refractivity contribution in [2.45, 2.75) is 13.0 Å². The lowest BCUT2D eigenvalue weighted by Crippen LogP contribution is -2.24. The molecule has 0 saturated heterocycles. The Morgan fingerprint density at radius 3 is 2.79 bits per heavy atom. The van der Waals surface area contributed by atoms with E-state index in [2.05, 4.69) is 11.4 Å². The van der Waals surface area contributed by atoms with Gasteiger partial charge in [0.25, 0.3) is 0 Å². The molecule has 2 rings (SSSR count). The van der Waals surface area contributed by atoms with Crippen molar-refractivity contribution in [2.75, 3.05) is 20.8 Å². The topological polar surface area (TPSA) is 30.5 Å². The Hall–Kier alpha value is -1.22. The number of fused-ring (bicyclic) bond motifs is 1. The summed E-state index contributed by atoms with van der Waals surface area (Å²) < 4.78 is 10.6. The SMILES string of the molecule is COc1ccc2c(c1OC)CCNC2. The highest BCUT2D eigenvalue weighted by molar-refractivity contribution is 5.51. The zero-order chi connectivity index (χ0) is 9.97. The van der Waals surface area contributed by atoms with Crippen molar-refractivity contribution >= 4 is 0 Å². The first-order chi connectivity index (χ1) is 6.86. The molecule has 1 aliphatic rings. The Labute approximate surface area is 84.0 Å². The van der Waals surface area contributed by atoms with Crippen LogP contribution in [-0.2, 0) is 13.0 Å². The van der Waals surface area contributed by atoms with E-state index in [-0.39, 0.29) is 0 Å². The molecule has 0 bridgehead atoms. The molecule has 3 nitrogen and oxygen atoms in total. The smallest absolute Gasteiger partial charge is 0.164 e. The van der Waals surface area contributed by atoms with E-state index >= 15 is 0 Å². The normalized spacial score (nSPS) is 14.7. The van der Waals surface area contributed by atoms with Crippen molar-refractivity contribution in [3.63, 3.8) is 0 Å². The van der Waals surface area contributed by atoms with Gasteiger partial charge in [0, 0.05) is 12.1 Å². The van der Waals surface area contributed by atoms with E-state index in [1.807, 2.05) is 6.07 Å². The molecule has 1 heterocycles. The first-order valence-corrected chi connectivity index (χ1v) is 4.80. The molecule has 0 fully saturated rings. The van der Waals surface area contributed by atoms with Gasteiger partial charge in [-0.05, 0) is 24.6 Å². The summed E-state index contributed by atoms with van der Waals surface area (Å²) in [5.41, 5.74) is 2.60. The second kappa shape index (κ2) is 3.88. The minimum Gasteiger partial charge on any atom is -0.493 e. The van der Waals surface area contributed by atoms with E-state index in [4.69, 9.17) is 9.47 Å². The highest BCUT2D eigenvalue weighted by Crippen LogP contribution is 2.34. The molecule has 1 aromatic rings. The molecule has 0 amide bonds. The first-order valence-electron chi connectivity index (χ1n) is 4.80. The highest BCUT2D eigenvalue weighted by atomic mass is 16.5. The van der Waals surface area contributed by atoms with Crippen LogP contribution in [0.1, 0.15) is 11.1 Å². The third-order valence-corrected chi connectivity index (χ3v) is 2.61. The van der Waals surface area contributed by atoms with Crippen LogP contribution in [0.4, 0.5) is 0 Å². The maximum Gasteiger partial charge on any atom is 0.164 e. The molecule has 0 aromatic heterocycles. The van der Waals surface area contributed by atoms with Gasteiger partial charge in [-0.25, -0.2) is 0 Å². The van der Waals surface area contributed by atoms with E-state index in [0.29, 0.717) is 0 Å². The van der Waals surface area contributed by atoms with Crippen LogP contribution in [0.2, 0.25) is 0 Å². The summed E-state index contributed by atoms with van der Waals surface area (Å²) in [5.74, 6) is 1.72. The third kappa shape index (κ3) is 1.44. The van der Waals surface area contributed by atoms with Crippen LogP contribution in [0.3, 0.4) is 0 Å². The molecule has 0 aliphatic carbocycles. The lowest BCUT2D eigenvalue weighted by molar-refractivity contribution is 0.349. The van der Waals surface area contributed by atoms with Crippen molar-refractivity contribution in [3.05, 3.63) is 23.3 Å². The Balaban J connectivity index is 2.50. The molecule has 76 valence electrons. The fourth-order valence-corrected chi connectivity index (χ4v) is 1.91. The Morgan fingerprint density at radius 1 is 1.21 bits per heavy atom. The molecule has 14 heavy (non-hydrogen) atoms. The molecule has 1 N–H and O–H groups in total. The fourth-order valence-electron chi connectivity index (χ4n) is 1.91. The number of hydrogen-bond donors (Lipinski definition) is 1. The zero-order valence-corrected chi connectivity index (χ0v) is 8.59. The Kier molecular flexibility index (Phi) is 2.59. The second-order valence-corrected chi connectivity index (χ2v) is 3.37. The number of rotatable bonds is 2. The van der Waals surface area contributed by atoms with E-state index in [1.54, 1.807) is 14.2 Å². The number of methoxy groups -OCH3 is 2. The minimum atomic E-state index is 0.827. The largest absolute Gasteiger partial charge is 0.493 e. The molecular formula is C11H15NO2. The lowest BCUT2D eigenvalue weighted by Gasteiger charge is -2.21. The van der Waals surface area contributed by atoms with Gasteiger partial charge in [-0.15, -0.1) is 0 Å². The summed E-state index contributed by atoms with van der Waals surface area (Å²) in [6, 6.07) is 4.06. The quantitative estimate of drug-likeness (QED) is 0.769. The molecule has 0 saturated carbocycles. The molecule has 0 radical (unpaired) electrons. The average molecular weight is 193 g/mol. The van der Waals surface area contributed by atoms with Crippen LogP contribution in [0.15, 0.2) is 12.1 Å². The monoisotopic (exact) mass is 193 g/mol. The second-order valence-electron chi connectivity index (χ2n) is 3.37. The van der Waals surface area contributed by atoms with Crippen LogP contribution in [-0.4, -0.2) is 20.8 Å². The summed E-state index contributed by atoms with van der Waals surface area (Å²) in [4.78, 5) is 0. The van der Waals surface area contributed by atoms with Crippen LogP contribution < -0.4 is 14.8 Å². The van der Waals surface area contributed by atoms with Gasteiger partial charge >= 0.3 is 0 Å². The number of nitrogens with one attached hydrogen (secondary N) is 1. The van der Waals surface area contributed by atoms with E-state index < -0.39 is 0 Å². The highest BCUT2D eigenvalue weighted by Gasteiger charge is 2.16. The summed E-state index contributed by atoms with van der Waals surface area (Å²) in [6.07, 6.45) is 1.01. The van der Waals surface area contributed by atoms with Gasteiger partial charge in [-0.3, -0.25) is 0 Å². The summed E-state index contributed by atoms with van der Waals surface area (Å²) >= 11 is 0. The summed E-state index contributed by atoms with van der Waals surface area (Å²) in [6.45, 7) is 1.94. The number of hydrogen-bond acceptors (Lipinski definition) is 3. The predicted octanol–water partition coefficient (Wildman–Crippen LogP) is 1.35. The molecule has 3 heteroatoms. The Morgan fingerprint density at radius 2 is 2.07 bits per heavy atom. The standard InChI is InChI=1S/C11H15NO2/c1-13-10-4-3-8-7-12-6-5-9(8)11(10)14-2/h3-4,12H,5-7H2,1-2H3. The predicted molar refractivity (Wildman–Crippen MR) is 55.0 cm³/mol. The molecule has 1 aliphatic heterocycles. The van der Waals surface area contributed by atoms with Crippen molar-refractivity contribution in [2.24, 2.45) is 0 Å². The van der Waals surface area contributed by atoms with Gasteiger partial charge in [0.05, 0.1) is 14.2 Å². The summed E-state index contributed by atoms with van der Waals surface area (Å²) in [7, 11) is 3.37. The molecule has 0 atom stereocenters. The first kappa shape index (κ1) is 9.34. The van der Waals surface area contributed by atoms with Crippen LogP contribution in [0.5, 0.6) is 11.5 Å². The number of benzene rings is 1. The van der Waals surface area contributed by atoms with Gasteiger partial charge in [0.2, 0.25) is 0 Å². The van der Waals surface area contributed by atoms with Crippen molar-refractivity contribution in [3.8, 4) is 11.5 Å². The zero-order valence-electron chi connectivity index (χ0n) is 8.59. The van der Waals surface area contributed by atoms with Crippen LogP contribution in [0, 0.1) is 0 Å². The lowest BCUT2D eigenvalue weighted by atomic mass is 9.99. The van der Waals surface area contributed by atoms with Gasteiger partial charge in [0.15, 0.2) is 11.5 Å². The molecule has 1 aromatic carbocycles.